The second-order valence-corrected chi connectivity index (χ2v) is 4.97. The maximum atomic E-state index is 12.3. The highest BCUT2D eigenvalue weighted by Gasteiger charge is 2.15. The lowest BCUT2D eigenvalue weighted by Gasteiger charge is -2.18. The van der Waals surface area contributed by atoms with Crippen molar-refractivity contribution in [1.82, 2.24) is 10.2 Å². The van der Waals surface area contributed by atoms with E-state index in [-0.39, 0.29) is 11.5 Å². The van der Waals surface area contributed by atoms with Crippen molar-refractivity contribution < 1.29 is 9.53 Å². The summed E-state index contributed by atoms with van der Waals surface area (Å²) in [4.78, 5) is 13.8. The Labute approximate surface area is 143 Å². The zero-order valence-corrected chi connectivity index (χ0v) is 14.0. The second-order valence-electron chi connectivity index (χ2n) is 4.97. The predicted molar refractivity (Wildman–Crippen MR) is 95.4 cm³/mol. The first-order valence-corrected chi connectivity index (χ1v) is 7.64. The van der Waals surface area contributed by atoms with E-state index in [0.717, 1.165) is 17.7 Å². The minimum Gasteiger partial charge on any atom is -0.496 e. The first-order chi connectivity index (χ1) is 11.7. The van der Waals surface area contributed by atoms with Crippen molar-refractivity contribution in [3.05, 3.63) is 66.9 Å². The second kappa shape index (κ2) is 10.7. The van der Waals surface area contributed by atoms with E-state index in [0.29, 0.717) is 19.6 Å². The zero-order valence-electron chi connectivity index (χ0n) is 14.0. The van der Waals surface area contributed by atoms with Crippen LogP contribution in [0.15, 0.2) is 61.3 Å². The lowest BCUT2D eigenvalue weighted by Crippen LogP contribution is -2.32. The minimum absolute atomic E-state index is 0.0544. The van der Waals surface area contributed by atoms with Gasteiger partial charge in [-0.1, -0.05) is 30.4 Å². The van der Waals surface area contributed by atoms with E-state index in [1.807, 2.05) is 30.3 Å². The SMILES string of the molecule is C=CCN(CC=C)C(=O)/C(C#N)=C\NCCc1ccccc1OC. The summed E-state index contributed by atoms with van der Waals surface area (Å²) in [6.07, 6.45) is 5.41. The van der Waals surface area contributed by atoms with Gasteiger partial charge in [-0.3, -0.25) is 4.79 Å². The summed E-state index contributed by atoms with van der Waals surface area (Å²) in [6, 6.07) is 9.68. The molecular formula is C19H23N3O2. The number of para-hydroxylation sites is 1. The molecule has 0 aliphatic rings. The van der Waals surface area contributed by atoms with Crippen molar-refractivity contribution in [2.45, 2.75) is 6.42 Å². The molecule has 0 aromatic heterocycles. The molecule has 0 bridgehead atoms. The average molecular weight is 325 g/mol. The van der Waals surface area contributed by atoms with Gasteiger partial charge in [-0.2, -0.15) is 5.26 Å². The van der Waals surface area contributed by atoms with Gasteiger partial charge in [0, 0.05) is 25.8 Å². The van der Waals surface area contributed by atoms with Gasteiger partial charge in [0.1, 0.15) is 17.4 Å². The van der Waals surface area contributed by atoms with Crippen LogP contribution in [-0.2, 0) is 11.2 Å². The molecule has 0 saturated heterocycles. The Morgan fingerprint density at radius 3 is 2.58 bits per heavy atom. The molecule has 1 aromatic carbocycles. The van der Waals surface area contributed by atoms with Crippen molar-refractivity contribution in [2.24, 2.45) is 0 Å². The molecular weight excluding hydrogens is 302 g/mol. The highest BCUT2D eigenvalue weighted by atomic mass is 16.5. The molecule has 126 valence electrons. The van der Waals surface area contributed by atoms with Crippen LogP contribution in [0, 0.1) is 11.3 Å². The van der Waals surface area contributed by atoms with Crippen molar-refractivity contribution in [3.8, 4) is 11.8 Å². The van der Waals surface area contributed by atoms with Gasteiger partial charge in [0.15, 0.2) is 0 Å². The van der Waals surface area contributed by atoms with E-state index in [9.17, 15) is 10.1 Å². The first kappa shape index (κ1) is 19.0. The normalized spacial score (nSPS) is 10.4. The molecule has 0 heterocycles. The van der Waals surface area contributed by atoms with Crippen LogP contribution in [0.5, 0.6) is 5.75 Å². The largest absolute Gasteiger partial charge is 0.496 e. The van der Waals surface area contributed by atoms with E-state index in [4.69, 9.17) is 4.74 Å². The van der Waals surface area contributed by atoms with Gasteiger partial charge in [-0.25, -0.2) is 0 Å². The summed E-state index contributed by atoms with van der Waals surface area (Å²) in [5.41, 5.74) is 1.12. The summed E-state index contributed by atoms with van der Waals surface area (Å²) in [5, 5.41) is 12.2. The molecule has 5 nitrogen and oxygen atoms in total. The molecule has 0 aliphatic heterocycles. The van der Waals surface area contributed by atoms with Crippen molar-refractivity contribution >= 4 is 5.91 Å². The third-order valence-corrected chi connectivity index (χ3v) is 3.31. The summed E-state index contributed by atoms with van der Waals surface area (Å²) in [7, 11) is 1.63. The van der Waals surface area contributed by atoms with Crippen LogP contribution in [0.25, 0.3) is 0 Å². The van der Waals surface area contributed by atoms with Crippen LogP contribution in [0.2, 0.25) is 0 Å². The number of carbonyl (C=O) groups excluding carboxylic acids is 1. The number of hydrogen-bond donors (Lipinski definition) is 1. The molecule has 0 fully saturated rings. The lowest BCUT2D eigenvalue weighted by molar-refractivity contribution is -0.125. The number of amides is 1. The number of nitrogens with one attached hydrogen (secondary N) is 1. The fourth-order valence-electron chi connectivity index (χ4n) is 2.15. The van der Waals surface area contributed by atoms with Crippen molar-refractivity contribution in [3.63, 3.8) is 0 Å². The van der Waals surface area contributed by atoms with Crippen LogP contribution in [0.1, 0.15) is 5.56 Å². The van der Waals surface area contributed by atoms with E-state index >= 15 is 0 Å². The van der Waals surface area contributed by atoms with E-state index in [1.54, 1.807) is 19.3 Å². The number of ether oxygens (including phenoxy) is 1. The maximum absolute atomic E-state index is 12.3. The molecule has 1 aromatic rings. The van der Waals surface area contributed by atoms with Crippen molar-refractivity contribution in [1.29, 1.82) is 5.26 Å². The van der Waals surface area contributed by atoms with Gasteiger partial charge in [-0.15, -0.1) is 13.2 Å². The number of nitrogens with zero attached hydrogens (tertiary/aromatic N) is 2. The Balaban J connectivity index is 2.65. The molecule has 0 saturated carbocycles. The average Bonchev–Trinajstić information content (AvgIpc) is 2.61. The standard InChI is InChI=1S/C19H23N3O2/c1-4-12-22(13-5-2)19(23)17(14-20)15-21-11-10-16-8-6-7-9-18(16)24-3/h4-9,15,21H,1-2,10-13H2,3H3/b17-15-. The molecule has 1 N–H and O–H groups in total. The summed E-state index contributed by atoms with van der Waals surface area (Å²) < 4.78 is 5.29. The highest BCUT2D eigenvalue weighted by Crippen LogP contribution is 2.17. The Kier molecular flexibility index (Phi) is 8.48. The molecule has 1 amide bonds. The first-order valence-electron chi connectivity index (χ1n) is 7.64. The number of hydrogen-bond acceptors (Lipinski definition) is 4. The monoisotopic (exact) mass is 325 g/mol. The fraction of sp³-hybridized carbons (Fsp3) is 0.263. The number of benzene rings is 1. The van der Waals surface area contributed by atoms with Crippen LogP contribution in [0.4, 0.5) is 0 Å². The smallest absolute Gasteiger partial charge is 0.266 e. The highest BCUT2D eigenvalue weighted by molar-refractivity contribution is 5.97. The molecule has 0 aliphatic carbocycles. The summed E-state index contributed by atoms with van der Waals surface area (Å²) >= 11 is 0. The summed E-state index contributed by atoms with van der Waals surface area (Å²) in [5.74, 6) is 0.477. The van der Waals surface area contributed by atoms with E-state index in [1.165, 1.54) is 11.1 Å². The Hall–Kier alpha value is -3.00. The van der Waals surface area contributed by atoms with Gasteiger partial charge in [-0.05, 0) is 18.1 Å². The quantitative estimate of drug-likeness (QED) is 0.310. The topological polar surface area (TPSA) is 65.4 Å². The van der Waals surface area contributed by atoms with Gasteiger partial charge in [0.2, 0.25) is 0 Å². The van der Waals surface area contributed by atoms with Gasteiger partial charge >= 0.3 is 0 Å². The molecule has 0 unspecified atom stereocenters. The van der Waals surface area contributed by atoms with Crippen LogP contribution < -0.4 is 10.1 Å². The number of methoxy groups -OCH3 is 1. The van der Waals surface area contributed by atoms with Crippen LogP contribution in [0.3, 0.4) is 0 Å². The van der Waals surface area contributed by atoms with Crippen molar-refractivity contribution in [2.75, 3.05) is 26.7 Å². The van der Waals surface area contributed by atoms with Crippen LogP contribution in [-0.4, -0.2) is 37.6 Å². The lowest BCUT2D eigenvalue weighted by atomic mass is 10.1. The molecule has 0 radical (unpaired) electrons. The molecule has 24 heavy (non-hydrogen) atoms. The molecule has 5 heteroatoms. The van der Waals surface area contributed by atoms with E-state index in [2.05, 4.69) is 18.5 Å². The van der Waals surface area contributed by atoms with E-state index < -0.39 is 0 Å². The van der Waals surface area contributed by atoms with Gasteiger partial charge < -0.3 is 15.0 Å². The van der Waals surface area contributed by atoms with Gasteiger partial charge in [0.25, 0.3) is 5.91 Å². The molecule has 0 atom stereocenters. The Morgan fingerprint density at radius 1 is 1.33 bits per heavy atom. The maximum Gasteiger partial charge on any atom is 0.266 e. The Bertz CT molecular complexity index is 634. The van der Waals surface area contributed by atoms with Crippen LogP contribution >= 0.6 is 0 Å². The Morgan fingerprint density at radius 2 is 2.00 bits per heavy atom. The number of nitriles is 1. The molecule has 0 spiro atoms. The minimum atomic E-state index is -0.345. The third kappa shape index (κ3) is 5.65. The van der Waals surface area contributed by atoms with Gasteiger partial charge in [0.05, 0.1) is 7.11 Å². The third-order valence-electron chi connectivity index (χ3n) is 3.31. The predicted octanol–water partition coefficient (Wildman–Crippen LogP) is 2.44. The number of rotatable bonds is 10. The molecule has 1 rings (SSSR count). The number of carbonyl (C=O) groups is 1. The summed E-state index contributed by atoms with van der Waals surface area (Å²) in [6.45, 7) is 8.55. The zero-order chi connectivity index (χ0) is 17.8. The fourth-order valence-corrected chi connectivity index (χ4v) is 2.15.